The largest absolute Gasteiger partial charge is 0.371 e. The van der Waals surface area contributed by atoms with Crippen LogP contribution in [0.25, 0.3) is 0 Å². The molecule has 3 rings (SSSR count). The summed E-state index contributed by atoms with van der Waals surface area (Å²) in [5, 5.41) is 0. The fourth-order valence-corrected chi connectivity index (χ4v) is 3.29. The van der Waals surface area contributed by atoms with Crippen molar-refractivity contribution in [3.8, 4) is 0 Å². The fraction of sp³-hybridized carbons (Fsp3) is 0.571. The van der Waals surface area contributed by atoms with E-state index in [1.54, 1.807) is 0 Å². The Balaban J connectivity index is 1.63. The summed E-state index contributed by atoms with van der Waals surface area (Å²) in [7, 11) is 2.23. The smallest absolute Gasteiger partial charge is 0.0366 e. The normalized spacial score (nSPS) is 24.4. The highest BCUT2D eigenvalue weighted by Crippen LogP contribution is 2.40. The Hall–Kier alpha value is -1.02. The van der Waals surface area contributed by atoms with Gasteiger partial charge in [0.05, 0.1) is 0 Å². The third-order valence-electron chi connectivity index (χ3n) is 4.16. The maximum atomic E-state index is 2.53. The molecular weight excluding hydrogens is 196 g/mol. The van der Waals surface area contributed by atoms with E-state index in [4.69, 9.17) is 0 Å². The zero-order valence-corrected chi connectivity index (χ0v) is 10.0. The second-order valence-corrected chi connectivity index (χ2v) is 5.49. The van der Waals surface area contributed by atoms with Crippen molar-refractivity contribution in [1.82, 2.24) is 4.90 Å². The van der Waals surface area contributed by atoms with Crippen LogP contribution in [0.4, 0.5) is 5.69 Å². The second-order valence-electron chi connectivity index (χ2n) is 5.49. The molecule has 2 fully saturated rings. The van der Waals surface area contributed by atoms with Crippen LogP contribution < -0.4 is 4.90 Å². The summed E-state index contributed by atoms with van der Waals surface area (Å²) in [6.07, 6.45) is 2.73. The van der Waals surface area contributed by atoms with Crippen LogP contribution in [0.15, 0.2) is 30.3 Å². The summed E-state index contributed by atoms with van der Waals surface area (Å²) in [5.41, 5.74) is 2.06. The first-order valence-electron chi connectivity index (χ1n) is 6.26. The number of hydrogen-bond donors (Lipinski definition) is 0. The van der Waals surface area contributed by atoms with E-state index in [9.17, 15) is 0 Å². The van der Waals surface area contributed by atoms with Crippen LogP contribution in [0.5, 0.6) is 0 Å². The Morgan fingerprint density at radius 1 is 1.00 bits per heavy atom. The summed E-state index contributed by atoms with van der Waals surface area (Å²) < 4.78 is 0. The molecule has 2 heterocycles. The van der Waals surface area contributed by atoms with Crippen molar-refractivity contribution in [1.29, 1.82) is 0 Å². The van der Waals surface area contributed by atoms with Crippen LogP contribution in [-0.4, -0.2) is 38.1 Å². The minimum Gasteiger partial charge on any atom is -0.371 e. The molecule has 2 nitrogen and oxygen atoms in total. The molecule has 0 N–H and O–H groups in total. The van der Waals surface area contributed by atoms with Gasteiger partial charge in [0.2, 0.25) is 0 Å². The van der Waals surface area contributed by atoms with E-state index in [-0.39, 0.29) is 0 Å². The number of rotatable bonds is 1. The van der Waals surface area contributed by atoms with Crippen LogP contribution >= 0.6 is 0 Å². The van der Waals surface area contributed by atoms with Crippen molar-refractivity contribution in [3.63, 3.8) is 0 Å². The molecule has 2 saturated heterocycles. The average molecular weight is 216 g/mol. The Labute approximate surface area is 97.9 Å². The lowest BCUT2D eigenvalue weighted by atomic mass is 9.72. The van der Waals surface area contributed by atoms with Crippen molar-refractivity contribution in [2.24, 2.45) is 5.41 Å². The van der Waals surface area contributed by atoms with Crippen LogP contribution in [0.1, 0.15) is 12.8 Å². The predicted molar refractivity (Wildman–Crippen MR) is 67.8 cm³/mol. The molecular formula is C14H20N2. The Kier molecular flexibility index (Phi) is 2.40. The van der Waals surface area contributed by atoms with Gasteiger partial charge in [0.15, 0.2) is 0 Å². The van der Waals surface area contributed by atoms with Crippen molar-refractivity contribution >= 4 is 5.69 Å². The highest BCUT2D eigenvalue weighted by atomic mass is 15.2. The molecule has 0 unspecified atom stereocenters. The first kappa shape index (κ1) is 10.2. The highest BCUT2D eigenvalue weighted by molar-refractivity contribution is 5.46. The molecule has 1 aromatic rings. The molecule has 0 atom stereocenters. The monoisotopic (exact) mass is 216 g/mol. The molecule has 0 bridgehead atoms. The number of nitrogens with zero attached hydrogens (tertiary/aromatic N) is 2. The number of piperidine rings is 1. The molecule has 2 aliphatic heterocycles. The van der Waals surface area contributed by atoms with Crippen LogP contribution in [0, 0.1) is 5.41 Å². The van der Waals surface area contributed by atoms with Crippen molar-refractivity contribution in [2.45, 2.75) is 12.8 Å². The van der Waals surface area contributed by atoms with Crippen LogP contribution in [0.2, 0.25) is 0 Å². The summed E-state index contributed by atoms with van der Waals surface area (Å²) in [5.74, 6) is 0. The van der Waals surface area contributed by atoms with Gasteiger partial charge in [0.25, 0.3) is 0 Å². The highest BCUT2D eigenvalue weighted by Gasteiger charge is 2.42. The Morgan fingerprint density at radius 3 is 2.19 bits per heavy atom. The van der Waals surface area contributed by atoms with Gasteiger partial charge in [0.1, 0.15) is 0 Å². The topological polar surface area (TPSA) is 6.48 Å². The van der Waals surface area contributed by atoms with Gasteiger partial charge < -0.3 is 9.80 Å². The molecule has 1 aromatic carbocycles. The van der Waals surface area contributed by atoms with Gasteiger partial charge in [-0.2, -0.15) is 0 Å². The average Bonchev–Trinajstić information content (AvgIpc) is 2.29. The molecule has 0 amide bonds. The van der Waals surface area contributed by atoms with Crippen molar-refractivity contribution < 1.29 is 0 Å². The van der Waals surface area contributed by atoms with E-state index in [0.717, 1.165) is 0 Å². The number of hydrogen-bond acceptors (Lipinski definition) is 2. The molecule has 2 aliphatic rings. The van der Waals surface area contributed by atoms with Gasteiger partial charge in [-0.3, -0.25) is 0 Å². The van der Waals surface area contributed by atoms with E-state index in [0.29, 0.717) is 5.41 Å². The number of para-hydroxylation sites is 1. The number of likely N-dealkylation sites (tertiary alicyclic amines) is 1. The summed E-state index contributed by atoms with van der Waals surface area (Å²) in [4.78, 5) is 4.97. The van der Waals surface area contributed by atoms with Gasteiger partial charge in [-0.1, -0.05) is 18.2 Å². The SMILES string of the molecule is CN1CC2(CCN(c3ccccc3)CC2)C1. The van der Waals surface area contributed by atoms with Crippen LogP contribution in [-0.2, 0) is 0 Å². The van der Waals surface area contributed by atoms with E-state index in [2.05, 4.69) is 47.2 Å². The zero-order valence-electron chi connectivity index (χ0n) is 10.0. The molecule has 0 aromatic heterocycles. The quantitative estimate of drug-likeness (QED) is 0.710. The van der Waals surface area contributed by atoms with E-state index in [1.165, 1.54) is 44.7 Å². The van der Waals surface area contributed by atoms with Gasteiger partial charge >= 0.3 is 0 Å². The molecule has 1 spiro atoms. The third-order valence-corrected chi connectivity index (χ3v) is 4.16. The van der Waals surface area contributed by atoms with Gasteiger partial charge in [-0.05, 0) is 37.4 Å². The van der Waals surface area contributed by atoms with E-state index < -0.39 is 0 Å². The molecule has 16 heavy (non-hydrogen) atoms. The van der Waals surface area contributed by atoms with Crippen molar-refractivity contribution in [3.05, 3.63) is 30.3 Å². The first-order valence-corrected chi connectivity index (χ1v) is 6.26. The standard InChI is InChI=1S/C14H20N2/c1-15-11-14(12-15)7-9-16(10-8-14)13-5-3-2-4-6-13/h2-6H,7-12H2,1H3. The molecule has 2 heteroatoms. The summed E-state index contributed by atoms with van der Waals surface area (Å²) >= 11 is 0. The second kappa shape index (κ2) is 3.77. The maximum absolute atomic E-state index is 2.53. The lowest BCUT2D eigenvalue weighted by Gasteiger charge is -2.53. The number of anilines is 1. The van der Waals surface area contributed by atoms with Gasteiger partial charge in [-0.25, -0.2) is 0 Å². The lowest BCUT2D eigenvalue weighted by molar-refractivity contribution is 0.00132. The Morgan fingerprint density at radius 2 is 1.62 bits per heavy atom. The summed E-state index contributed by atoms with van der Waals surface area (Å²) in [6.45, 7) is 5.10. The molecule has 0 saturated carbocycles. The minimum atomic E-state index is 0.667. The maximum Gasteiger partial charge on any atom is 0.0366 e. The molecule has 0 aliphatic carbocycles. The van der Waals surface area contributed by atoms with Gasteiger partial charge in [-0.15, -0.1) is 0 Å². The molecule has 0 radical (unpaired) electrons. The van der Waals surface area contributed by atoms with Gasteiger partial charge in [0, 0.05) is 31.9 Å². The van der Waals surface area contributed by atoms with Crippen LogP contribution in [0.3, 0.4) is 0 Å². The third kappa shape index (κ3) is 1.71. The zero-order chi connectivity index (χ0) is 11.0. The Bertz CT molecular complexity index is 344. The van der Waals surface area contributed by atoms with Crippen molar-refractivity contribution in [2.75, 3.05) is 38.1 Å². The van der Waals surface area contributed by atoms with E-state index >= 15 is 0 Å². The summed E-state index contributed by atoms with van der Waals surface area (Å²) in [6, 6.07) is 10.8. The minimum absolute atomic E-state index is 0.667. The van der Waals surface area contributed by atoms with E-state index in [1.807, 2.05) is 0 Å². The predicted octanol–water partition coefficient (Wildman–Crippen LogP) is 2.22. The first-order chi connectivity index (χ1) is 7.77. The fourth-order valence-electron chi connectivity index (χ4n) is 3.29. The lowest BCUT2D eigenvalue weighted by Crippen LogP contribution is -2.58. The molecule has 86 valence electrons. The number of benzene rings is 1.